The Morgan fingerprint density at radius 2 is 1.53 bits per heavy atom. The number of benzene rings is 2. The topological polar surface area (TPSA) is 70.6 Å². The van der Waals surface area contributed by atoms with Crippen LogP contribution in [0.3, 0.4) is 0 Å². The zero-order chi connectivity index (χ0) is 25.3. The Balaban J connectivity index is 1.68. The van der Waals surface area contributed by atoms with Crippen LogP contribution in [-0.2, 0) is 4.79 Å². The quantitative estimate of drug-likeness (QED) is 0.252. The van der Waals surface area contributed by atoms with Gasteiger partial charge in [0.1, 0.15) is 0 Å². The predicted octanol–water partition coefficient (Wildman–Crippen LogP) is 5.83. The molecule has 0 aliphatic heterocycles. The number of halogens is 7. The van der Waals surface area contributed by atoms with Crippen LogP contribution >= 0.6 is 11.3 Å². The van der Waals surface area contributed by atoms with Crippen molar-refractivity contribution < 1.29 is 40.3 Å². The summed E-state index contributed by atoms with van der Waals surface area (Å²) in [6.45, 7) is 1.50. The maximum Gasteiger partial charge on any atom is 0.460 e. The van der Waals surface area contributed by atoms with Crippen molar-refractivity contribution in [2.75, 3.05) is 5.32 Å². The van der Waals surface area contributed by atoms with Gasteiger partial charge in [-0.15, -0.1) is 11.3 Å². The van der Waals surface area contributed by atoms with Gasteiger partial charge in [0.2, 0.25) is 0 Å². The number of fused-ring (bicyclic) bond motifs is 1. The molecule has 1 aromatic heterocycles. The SMILES string of the molecule is CC(=NNC(=O)c1csc2ccccc12)c1ccc(NC(=O)C(F)(F)C(F)(F)C(F)(F)F)cc1. The standard InChI is InChI=1S/C21H14F7N3O2S/c1-11(30-31-17(32)15-10-34-16-5-3-2-4-14(15)16)12-6-8-13(9-7-12)29-18(33)19(22,23)20(24,25)21(26,27)28/h2-10H,1H3,(H,29,33)(H,31,32). The number of thiophene rings is 1. The van der Waals surface area contributed by atoms with Gasteiger partial charge in [0.05, 0.1) is 11.3 Å². The Morgan fingerprint density at radius 3 is 2.15 bits per heavy atom. The molecular formula is C21H14F7N3O2S. The third kappa shape index (κ3) is 4.74. The number of amides is 2. The van der Waals surface area contributed by atoms with E-state index in [0.29, 0.717) is 11.1 Å². The van der Waals surface area contributed by atoms with Crippen molar-refractivity contribution in [2.45, 2.75) is 24.9 Å². The molecule has 0 unspecified atom stereocenters. The van der Waals surface area contributed by atoms with Gasteiger partial charge < -0.3 is 5.32 Å². The van der Waals surface area contributed by atoms with Crippen LogP contribution < -0.4 is 10.7 Å². The maximum absolute atomic E-state index is 13.4. The lowest BCUT2D eigenvalue weighted by atomic mass is 10.1. The number of hydrogen-bond acceptors (Lipinski definition) is 4. The molecule has 0 saturated carbocycles. The lowest BCUT2D eigenvalue weighted by Gasteiger charge is -2.27. The van der Waals surface area contributed by atoms with Crippen molar-refractivity contribution in [3.63, 3.8) is 0 Å². The van der Waals surface area contributed by atoms with Gasteiger partial charge in [-0.05, 0) is 30.7 Å². The fourth-order valence-corrected chi connectivity index (χ4v) is 3.68. The molecule has 0 aliphatic rings. The van der Waals surface area contributed by atoms with E-state index in [-0.39, 0.29) is 5.71 Å². The zero-order valence-electron chi connectivity index (χ0n) is 17.0. The third-order valence-corrected chi connectivity index (χ3v) is 5.61. The summed E-state index contributed by atoms with van der Waals surface area (Å²) in [4.78, 5) is 23.8. The maximum atomic E-state index is 13.4. The first-order valence-corrected chi connectivity index (χ1v) is 10.2. The van der Waals surface area contributed by atoms with Crippen LogP contribution in [0.25, 0.3) is 10.1 Å². The summed E-state index contributed by atoms with van der Waals surface area (Å²) in [5.74, 6) is -15.9. The first-order chi connectivity index (χ1) is 15.8. The fraction of sp³-hybridized carbons (Fsp3) is 0.190. The van der Waals surface area contributed by atoms with Crippen LogP contribution in [-0.4, -0.2) is 35.5 Å². The Morgan fingerprint density at radius 1 is 0.912 bits per heavy atom. The van der Waals surface area contributed by atoms with Crippen LogP contribution in [0.15, 0.2) is 59.0 Å². The monoisotopic (exact) mass is 505 g/mol. The molecule has 0 atom stereocenters. The molecule has 1 heterocycles. The summed E-state index contributed by atoms with van der Waals surface area (Å²) < 4.78 is 90.4. The van der Waals surface area contributed by atoms with E-state index in [1.54, 1.807) is 17.5 Å². The van der Waals surface area contributed by atoms with Crippen LogP contribution in [0.5, 0.6) is 0 Å². The highest BCUT2D eigenvalue weighted by Gasteiger charge is 2.76. The average molecular weight is 505 g/mol. The van der Waals surface area contributed by atoms with Crippen molar-refractivity contribution in [1.82, 2.24) is 5.43 Å². The summed E-state index contributed by atoms with van der Waals surface area (Å²) in [7, 11) is 0. The van der Waals surface area contributed by atoms with E-state index >= 15 is 0 Å². The van der Waals surface area contributed by atoms with Gasteiger partial charge in [-0.25, -0.2) is 5.43 Å². The molecular weight excluding hydrogens is 491 g/mol. The molecule has 0 spiro atoms. The Bertz CT molecular complexity index is 1250. The molecule has 2 aromatic carbocycles. The minimum absolute atomic E-state index is 0.264. The molecule has 3 rings (SSSR count). The van der Waals surface area contributed by atoms with E-state index < -0.39 is 35.5 Å². The highest BCUT2D eigenvalue weighted by atomic mass is 32.1. The molecule has 0 saturated heterocycles. The summed E-state index contributed by atoms with van der Waals surface area (Å²) in [5.41, 5.74) is 2.94. The van der Waals surface area contributed by atoms with E-state index in [1.807, 2.05) is 12.1 Å². The van der Waals surface area contributed by atoms with Crippen LogP contribution in [0, 0.1) is 0 Å². The van der Waals surface area contributed by atoms with Gasteiger partial charge in [0.15, 0.2) is 0 Å². The van der Waals surface area contributed by atoms with Crippen LogP contribution in [0.1, 0.15) is 22.8 Å². The zero-order valence-corrected chi connectivity index (χ0v) is 17.8. The van der Waals surface area contributed by atoms with E-state index in [1.165, 1.54) is 35.7 Å². The smallest absolute Gasteiger partial charge is 0.321 e. The van der Waals surface area contributed by atoms with E-state index in [2.05, 4.69) is 10.5 Å². The molecule has 0 radical (unpaired) electrons. The van der Waals surface area contributed by atoms with Gasteiger partial charge in [0, 0.05) is 21.2 Å². The van der Waals surface area contributed by atoms with Gasteiger partial charge >= 0.3 is 23.9 Å². The van der Waals surface area contributed by atoms with Crippen molar-refractivity contribution in [3.05, 3.63) is 65.0 Å². The number of nitrogens with zero attached hydrogens (tertiary/aromatic N) is 1. The second-order valence-electron chi connectivity index (χ2n) is 6.96. The first kappa shape index (κ1) is 25.1. The first-order valence-electron chi connectivity index (χ1n) is 9.31. The average Bonchev–Trinajstić information content (AvgIpc) is 3.21. The molecule has 2 amide bonds. The highest BCUT2D eigenvalue weighted by molar-refractivity contribution is 7.17. The van der Waals surface area contributed by atoms with E-state index in [4.69, 9.17) is 0 Å². The van der Waals surface area contributed by atoms with Gasteiger partial charge in [-0.2, -0.15) is 35.8 Å². The van der Waals surface area contributed by atoms with Crippen LogP contribution in [0.2, 0.25) is 0 Å². The summed E-state index contributed by atoms with van der Waals surface area (Å²) in [5, 5.41) is 7.68. The number of nitrogens with one attached hydrogen (secondary N) is 2. The largest absolute Gasteiger partial charge is 0.460 e. The van der Waals surface area contributed by atoms with Crippen molar-refractivity contribution in [1.29, 1.82) is 0 Å². The number of rotatable bonds is 6. The number of anilines is 1. The number of carbonyl (C=O) groups is 2. The van der Waals surface area contributed by atoms with E-state index in [0.717, 1.165) is 22.2 Å². The predicted molar refractivity (Wildman–Crippen MR) is 113 cm³/mol. The number of alkyl halides is 7. The number of carbonyl (C=O) groups excluding carboxylic acids is 2. The lowest BCUT2D eigenvalue weighted by Crippen LogP contribution is -2.57. The molecule has 180 valence electrons. The molecule has 0 bridgehead atoms. The number of hydrogen-bond donors (Lipinski definition) is 2. The van der Waals surface area contributed by atoms with E-state index in [9.17, 15) is 40.3 Å². The summed E-state index contributed by atoms with van der Waals surface area (Å²) >= 11 is 1.38. The minimum Gasteiger partial charge on any atom is -0.321 e. The summed E-state index contributed by atoms with van der Waals surface area (Å²) in [6, 6.07) is 11.7. The van der Waals surface area contributed by atoms with Crippen molar-refractivity contribution in [2.24, 2.45) is 5.10 Å². The number of hydrazone groups is 1. The Hall–Kier alpha value is -3.48. The van der Waals surface area contributed by atoms with Crippen molar-refractivity contribution in [3.8, 4) is 0 Å². The van der Waals surface area contributed by atoms with Crippen molar-refractivity contribution >= 4 is 44.6 Å². The van der Waals surface area contributed by atoms with Gasteiger partial charge in [-0.3, -0.25) is 9.59 Å². The lowest BCUT2D eigenvalue weighted by molar-refractivity contribution is -0.343. The fourth-order valence-electron chi connectivity index (χ4n) is 2.74. The molecule has 13 heteroatoms. The second-order valence-corrected chi connectivity index (χ2v) is 7.87. The normalized spacial score (nSPS) is 13.1. The second kappa shape index (κ2) is 9.05. The molecule has 0 aliphatic carbocycles. The van der Waals surface area contributed by atoms with Crippen LogP contribution in [0.4, 0.5) is 36.4 Å². The molecule has 3 aromatic rings. The third-order valence-electron chi connectivity index (χ3n) is 4.65. The van der Waals surface area contributed by atoms with Gasteiger partial charge in [0.25, 0.3) is 5.91 Å². The minimum atomic E-state index is -6.62. The summed E-state index contributed by atoms with van der Waals surface area (Å²) in [6.07, 6.45) is -6.62. The molecule has 0 fully saturated rings. The Labute approximate surface area is 191 Å². The highest BCUT2D eigenvalue weighted by Crippen LogP contribution is 2.46. The molecule has 34 heavy (non-hydrogen) atoms. The molecule has 5 nitrogen and oxygen atoms in total. The Kier molecular flexibility index (Phi) is 6.69. The van der Waals surface area contributed by atoms with Gasteiger partial charge in [-0.1, -0.05) is 30.3 Å². The molecule has 2 N–H and O–H groups in total.